The van der Waals surface area contributed by atoms with Gasteiger partial charge in [-0.25, -0.2) is 0 Å². The average Bonchev–Trinajstić information content (AvgIpc) is 2.29. The molecule has 0 aromatic heterocycles. The van der Waals surface area contributed by atoms with E-state index >= 15 is 0 Å². The zero-order valence-corrected chi connectivity index (χ0v) is 14.5. The second-order valence-corrected chi connectivity index (χ2v) is 11.6. The predicted molar refractivity (Wildman–Crippen MR) is 88.7 cm³/mol. The summed E-state index contributed by atoms with van der Waals surface area (Å²) in [6.07, 6.45) is 9.26. The summed E-state index contributed by atoms with van der Waals surface area (Å²) in [4.78, 5) is 0. The fraction of sp³-hybridized carbons (Fsp3) is 0.647. The van der Waals surface area contributed by atoms with Crippen LogP contribution in [0.5, 0.6) is 0 Å². The zero-order valence-electron chi connectivity index (χ0n) is 13.5. The fourth-order valence-electron chi connectivity index (χ4n) is 1.57. The minimum atomic E-state index is -1.21. The molecular weight excluding hydrogens is 248 g/mol. The molecule has 1 nitrogen and oxygen atoms in total. The van der Waals surface area contributed by atoms with E-state index in [0.717, 1.165) is 19.3 Å². The smallest absolute Gasteiger partial charge is 0.129 e. The molecule has 0 aromatic rings. The molecular formula is C17H30OSi. The summed E-state index contributed by atoms with van der Waals surface area (Å²) in [5.74, 6) is 3.31. The summed E-state index contributed by atoms with van der Waals surface area (Å²) in [5.41, 5.74) is 4.93. The summed E-state index contributed by atoms with van der Waals surface area (Å²) in [6.45, 7) is 13.5. The quantitative estimate of drug-likeness (QED) is 0.429. The van der Waals surface area contributed by atoms with Crippen LogP contribution in [-0.4, -0.2) is 19.8 Å². The summed E-state index contributed by atoms with van der Waals surface area (Å²) < 4.78 is 0. The van der Waals surface area contributed by atoms with Gasteiger partial charge < -0.3 is 5.11 Å². The van der Waals surface area contributed by atoms with Crippen molar-refractivity contribution < 1.29 is 5.11 Å². The molecule has 0 amide bonds. The van der Waals surface area contributed by atoms with Crippen LogP contribution in [0.2, 0.25) is 19.6 Å². The van der Waals surface area contributed by atoms with E-state index in [9.17, 15) is 0 Å². The molecule has 19 heavy (non-hydrogen) atoms. The van der Waals surface area contributed by atoms with E-state index < -0.39 is 8.07 Å². The van der Waals surface area contributed by atoms with E-state index in [0.29, 0.717) is 0 Å². The Morgan fingerprint density at radius 1 is 1.26 bits per heavy atom. The van der Waals surface area contributed by atoms with Crippen molar-refractivity contribution >= 4 is 8.07 Å². The Morgan fingerprint density at radius 3 is 2.42 bits per heavy atom. The highest BCUT2D eigenvalue weighted by atomic mass is 28.3. The lowest BCUT2D eigenvalue weighted by molar-refractivity contribution is 0.339. The Labute approximate surface area is 120 Å². The van der Waals surface area contributed by atoms with Crippen LogP contribution in [0, 0.1) is 16.9 Å². The van der Waals surface area contributed by atoms with Crippen molar-refractivity contribution in [1.29, 1.82) is 0 Å². The molecule has 0 unspecified atom stereocenters. The Balaban J connectivity index is 4.21. The molecule has 0 bridgehead atoms. The predicted octanol–water partition coefficient (Wildman–Crippen LogP) is 4.56. The Hall–Kier alpha value is -0.783. The Kier molecular flexibility index (Phi) is 8.05. The SMILES string of the molecule is C/C(=C\CC(C)(C)/C=C/CO)CCC#C[Si](C)(C)C. The largest absolute Gasteiger partial charge is 0.392 e. The van der Waals surface area contributed by atoms with Gasteiger partial charge in [0.2, 0.25) is 0 Å². The van der Waals surface area contributed by atoms with Gasteiger partial charge in [0.1, 0.15) is 8.07 Å². The highest BCUT2D eigenvalue weighted by molar-refractivity contribution is 6.83. The minimum absolute atomic E-state index is 0.119. The molecule has 1 N–H and O–H groups in total. The third-order valence-corrected chi connectivity index (χ3v) is 3.69. The average molecular weight is 279 g/mol. The maximum absolute atomic E-state index is 8.80. The van der Waals surface area contributed by atoms with E-state index in [1.165, 1.54) is 5.57 Å². The number of aliphatic hydroxyl groups excluding tert-OH is 1. The molecule has 0 fully saturated rings. The van der Waals surface area contributed by atoms with Crippen LogP contribution in [-0.2, 0) is 0 Å². The highest BCUT2D eigenvalue weighted by Gasteiger charge is 2.11. The van der Waals surface area contributed by atoms with Crippen LogP contribution in [0.25, 0.3) is 0 Å². The lowest BCUT2D eigenvalue weighted by Gasteiger charge is -2.18. The lowest BCUT2D eigenvalue weighted by Crippen LogP contribution is -2.16. The number of aliphatic hydroxyl groups is 1. The van der Waals surface area contributed by atoms with Crippen molar-refractivity contribution in [2.75, 3.05) is 6.61 Å². The molecule has 0 saturated carbocycles. The van der Waals surface area contributed by atoms with Gasteiger partial charge in [0.15, 0.2) is 0 Å². The summed E-state index contributed by atoms with van der Waals surface area (Å²) in [5, 5.41) is 8.80. The maximum Gasteiger partial charge on any atom is 0.129 e. The lowest BCUT2D eigenvalue weighted by atomic mass is 9.88. The van der Waals surface area contributed by atoms with Crippen LogP contribution in [0.4, 0.5) is 0 Å². The molecule has 2 heteroatoms. The van der Waals surface area contributed by atoms with Gasteiger partial charge in [-0.05, 0) is 25.2 Å². The van der Waals surface area contributed by atoms with E-state index in [2.05, 4.69) is 64.0 Å². The molecule has 0 rings (SSSR count). The number of hydrogen-bond acceptors (Lipinski definition) is 1. The number of hydrogen-bond donors (Lipinski definition) is 1. The summed E-state index contributed by atoms with van der Waals surface area (Å²) >= 11 is 0. The third-order valence-electron chi connectivity index (χ3n) is 2.76. The van der Waals surface area contributed by atoms with Gasteiger partial charge in [-0.2, -0.15) is 0 Å². The molecule has 108 valence electrons. The van der Waals surface area contributed by atoms with Gasteiger partial charge in [-0.15, -0.1) is 11.5 Å². The van der Waals surface area contributed by atoms with E-state index in [1.807, 2.05) is 6.08 Å². The maximum atomic E-state index is 8.80. The second kappa shape index (κ2) is 8.40. The number of rotatable bonds is 6. The normalized spacial score (nSPS) is 13.5. The van der Waals surface area contributed by atoms with Gasteiger partial charge in [0.05, 0.1) is 6.61 Å². The molecule has 0 heterocycles. The molecule has 0 aliphatic heterocycles. The first-order valence-electron chi connectivity index (χ1n) is 7.10. The molecule has 0 atom stereocenters. The molecule has 0 aliphatic carbocycles. The van der Waals surface area contributed by atoms with E-state index in [4.69, 9.17) is 5.11 Å². The summed E-state index contributed by atoms with van der Waals surface area (Å²) in [6, 6.07) is 0. The highest BCUT2D eigenvalue weighted by Crippen LogP contribution is 2.24. The van der Waals surface area contributed by atoms with Crippen molar-refractivity contribution in [3.05, 3.63) is 23.8 Å². The van der Waals surface area contributed by atoms with Gasteiger partial charge in [-0.3, -0.25) is 0 Å². The van der Waals surface area contributed by atoms with E-state index in [-0.39, 0.29) is 12.0 Å². The van der Waals surface area contributed by atoms with Gasteiger partial charge in [0, 0.05) is 6.42 Å². The van der Waals surface area contributed by atoms with Gasteiger partial charge in [-0.1, -0.05) is 57.3 Å². The van der Waals surface area contributed by atoms with Crippen LogP contribution in [0.1, 0.15) is 40.0 Å². The van der Waals surface area contributed by atoms with Crippen molar-refractivity contribution in [2.24, 2.45) is 5.41 Å². The molecule has 0 saturated heterocycles. The monoisotopic (exact) mass is 278 g/mol. The Morgan fingerprint density at radius 2 is 1.89 bits per heavy atom. The second-order valence-electron chi connectivity index (χ2n) is 6.88. The van der Waals surface area contributed by atoms with Crippen molar-refractivity contribution in [3.8, 4) is 11.5 Å². The molecule has 0 spiro atoms. The van der Waals surface area contributed by atoms with Gasteiger partial charge in [0.25, 0.3) is 0 Å². The standard InChI is InChI=1S/C17H30OSi/c1-16(10-7-8-15-19(4,5)6)11-13-17(2,3)12-9-14-18/h9,11-12,18H,7,10,13-14H2,1-6H3/b12-9+,16-11+. The molecule has 0 radical (unpaired) electrons. The van der Waals surface area contributed by atoms with Crippen LogP contribution in [0.3, 0.4) is 0 Å². The number of allylic oxidation sites excluding steroid dienone is 3. The molecule has 0 aromatic carbocycles. The van der Waals surface area contributed by atoms with Crippen LogP contribution in [0.15, 0.2) is 23.8 Å². The van der Waals surface area contributed by atoms with Crippen molar-refractivity contribution in [3.63, 3.8) is 0 Å². The van der Waals surface area contributed by atoms with Gasteiger partial charge >= 0.3 is 0 Å². The topological polar surface area (TPSA) is 20.2 Å². The van der Waals surface area contributed by atoms with Crippen molar-refractivity contribution in [1.82, 2.24) is 0 Å². The first kappa shape index (κ1) is 18.2. The summed E-state index contributed by atoms with van der Waals surface area (Å²) in [7, 11) is -1.21. The first-order chi connectivity index (χ1) is 8.66. The third kappa shape index (κ3) is 12.0. The van der Waals surface area contributed by atoms with Crippen LogP contribution >= 0.6 is 0 Å². The zero-order chi connectivity index (χ0) is 14.9. The fourth-order valence-corrected chi connectivity index (χ4v) is 2.22. The Bertz CT molecular complexity index is 372. The molecule has 0 aliphatic rings. The van der Waals surface area contributed by atoms with Crippen molar-refractivity contribution in [2.45, 2.75) is 59.7 Å². The van der Waals surface area contributed by atoms with Crippen LogP contribution < -0.4 is 0 Å². The minimum Gasteiger partial charge on any atom is -0.392 e. The van der Waals surface area contributed by atoms with E-state index in [1.54, 1.807) is 0 Å². The first-order valence-corrected chi connectivity index (χ1v) is 10.6.